The molecule has 1 aromatic heterocycles. The standard InChI is InChI=1S/C27H20F6N2O5S/c28-26(29,30)19-6-2-8-21(14-19)34-25(36)35(17-23-10-4-12-39-23)16-18-5-1-9-22(13-18)40-41(37,38)24-11-3-7-20(15-24)27(31,32)33/h1-15H,16-17H2,(H,34,36). The minimum absolute atomic E-state index is 0.106. The molecule has 0 bridgehead atoms. The van der Waals surface area contributed by atoms with Crippen LogP contribution in [0.4, 0.5) is 36.8 Å². The number of hydrogen-bond acceptors (Lipinski definition) is 5. The summed E-state index contributed by atoms with van der Waals surface area (Å²) in [6, 6.07) is 14.9. The van der Waals surface area contributed by atoms with Gasteiger partial charge >= 0.3 is 28.5 Å². The van der Waals surface area contributed by atoms with E-state index in [0.29, 0.717) is 17.4 Å². The van der Waals surface area contributed by atoms with Crippen LogP contribution in [-0.4, -0.2) is 19.3 Å². The molecule has 41 heavy (non-hydrogen) atoms. The first-order valence-corrected chi connectivity index (χ1v) is 13.1. The Morgan fingerprint density at radius 1 is 0.805 bits per heavy atom. The van der Waals surface area contributed by atoms with Crippen LogP contribution in [0.15, 0.2) is 101 Å². The van der Waals surface area contributed by atoms with Gasteiger partial charge in [0.1, 0.15) is 16.4 Å². The molecule has 2 amide bonds. The van der Waals surface area contributed by atoms with Crippen molar-refractivity contribution in [3.8, 4) is 5.75 Å². The van der Waals surface area contributed by atoms with Gasteiger partial charge in [0.2, 0.25) is 0 Å². The molecule has 0 fully saturated rings. The van der Waals surface area contributed by atoms with Crippen molar-refractivity contribution in [2.45, 2.75) is 30.3 Å². The number of halogens is 6. The summed E-state index contributed by atoms with van der Waals surface area (Å²) >= 11 is 0. The number of nitrogens with zero attached hydrogens (tertiary/aromatic N) is 1. The van der Waals surface area contributed by atoms with Gasteiger partial charge in [0.05, 0.1) is 23.9 Å². The zero-order chi connectivity index (χ0) is 29.8. The van der Waals surface area contributed by atoms with Crippen molar-refractivity contribution < 1.29 is 48.2 Å². The highest BCUT2D eigenvalue weighted by Crippen LogP contribution is 2.32. The predicted octanol–water partition coefficient (Wildman–Crippen LogP) is 7.32. The van der Waals surface area contributed by atoms with E-state index in [9.17, 15) is 39.6 Å². The Morgan fingerprint density at radius 3 is 2.12 bits per heavy atom. The highest BCUT2D eigenvalue weighted by molar-refractivity contribution is 7.87. The molecule has 3 aromatic carbocycles. The van der Waals surface area contributed by atoms with Crippen molar-refractivity contribution in [3.05, 3.63) is 114 Å². The monoisotopic (exact) mass is 598 g/mol. The lowest BCUT2D eigenvalue weighted by molar-refractivity contribution is -0.138. The number of rotatable bonds is 8. The molecule has 0 radical (unpaired) electrons. The Bertz CT molecular complexity index is 1620. The van der Waals surface area contributed by atoms with E-state index in [1.807, 2.05) is 0 Å². The highest BCUT2D eigenvalue weighted by atomic mass is 32.2. The second-order valence-corrected chi connectivity index (χ2v) is 10.2. The Morgan fingerprint density at radius 2 is 1.46 bits per heavy atom. The number of hydrogen-bond donors (Lipinski definition) is 1. The molecule has 1 heterocycles. The number of furan rings is 1. The Balaban J connectivity index is 1.55. The lowest BCUT2D eigenvalue weighted by atomic mass is 10.2. The zero-order valence-corrected chi connectivity index (χ0v) is 21.6. The first-order chi connectivity index (χ1) is 19.2. The molecule has 0 unspecified atom stereocenters. The Labute approximate surface area is 230 Å². The van der Waals surface area contributed by atoms with Crippen LogP contribution in [0.25, 0.3) is 0 Å². The molecule has 0 atom stereocenters. The average molecular weight is 599 g/mol. The van der Waals surface area contributed by atoms with Gasteiger partial charge in [-0.05, 0) is 66.2 Å². The van der Waals surface area contributed by atoms with Crippen molar-refractivity contribution in [2.24, 2.45) is 0 Å². The molecule has 1 N–H and O–H groups in total. The first kappa shape index (κ1) is 29.5. The third-order valence-corrected chi connectivity index (χ3v) is 6.83. The molecule has 0 aliphatic carbocycles. The van der Waals surface area contributed by atoms with E-state index in [1.54, 1.807) is 12.1 Å². The largest absolute Gasteiger partial charge is 0.467 e. The summed E-state index contributed by atoms with van der Waals surface area (Å²) in [5.41, 5.74) is -1.90. The maximum Gasteiger partial charge on any atom is 0.416 e. The number of alkyl halides is 6. The second kappa shape index (κ2) is 11.6. The van der Waals surface area contributed by atoms with E-state index in [-0.39, 0.29) is 24.5 Å². The van der Waals surface area contributed by atoms with Gasteiger partial charge in [-0.1, -0.05) is 24.3 Å². The van der Waals surface area contributed by atoms with Crippen LogP contribution in [0, 0.1) is 0 Å². The van der Waals surface area contributed by atoms with Gasteiger partial charge in [-0.2, -0.15) is 34.8 Å². The average Bonchev–Trinajstić information content (AvgIpc) is 3.41. The van der Waals surface area contributed by atoms with E-state index in [1.165, 1.54) is 41.5 Å². The smallest absolute Gasteiger partial charge is 0.416 e. The maximum atomic E-state index is 13.1. The maximum absolute atomic E-state index is 13.1. The fraction of sp³-hybridized carbons (Fsp3) is 0.148. The molecule has 0 saturated carbocycles. The fourth-order valence-corrected chi connectivity index (χ4v) is 4.65. The molecule has 216 valence electrons. The SMILES string of the molecule is O=C(Nc1cccc(C(F)(F)F)c1)N(Cc1cccc(OS(=O)(=O)c2cccc(C(F)(F)F)c2)c1)Cc1ccco1. The van der Waals surface area contributed by atoms with E-state index in [2.05, 4.69) is 5.32 Å². The fourth-order valence-electron chi connectivity index (χ4n) is 3.68. The quantitative estimate of drug-likeness (QED) is 0.170. The number of amides is 2. The van der Waals surface area contributed by atoms with Crippen LogP contribution < -0.4 is 9.50 Å². The summed E-state index contributed by atoms with van der Waals surface area (Å²) < 4.78 is 114. The van der Waals surface area contributed by atoms with Gasteiger partial charge in [-0.3, -0.25) is 0 Å². The van der Waals surface area contributed by atoms with Crippen LogP contribution >= 0.6 is 0 Å². The Hall–Kier alpha value is -4.46. The van der Waals surface area contributed by atoms with Gasteiger partial charge in [0, 0.05) is 12.2 Å². The molecule has 14 heteroatoms. The van der Waals surface area contributed by atoms with Gasteiger partial charge in [0.15, 0.2) is 0 Å². The Kier molecular flexibility index (Phi) is 8.33. The van der Waals surface area contributed by atoms with Gasteiger partial charge in [0.25, 0.3) is 0 Å². The summed E-state index contributed by atoms with van der Waals surface area (Å²) in [5.74, 6) is 0.111. The molecule has 4 rings (SSSR count). The number of nitrogens with one attached hydrogen (secondary N) is 1. The predicted molar refractivity (Wildman–Crippen MR) is 134 cm³/mol. The summed E-state index contributed by atoms with van der Waals surface area (Å²) in [7, 11) is -4.66. The van der Waals surface area contributed by atoms with Crippen molar-refractivity contribution >= 4 is 21.8 Å². The van der Waals surface area contributed by atoms with E-state index in [0.717, 1.165) is 36.4 Å². The third kappa shape index (κ3) is 7.81. The van der Waals surface area contributed by atoms with Crippen molar-refractivity contribution in [1.82, 2.24) is 4.90 Å². The number of anilines is 1. The minimum atomic E-state index is -4.77. The highest BCUT2D eigenvalue weighted by Gasteiger charge is 2.32. The molecule has 0 aliphatic rings. The first-order valence-electron chi connectivity index (χ1n) is 11.7. The number of carbonyl (C=O) groups excluding carboxylic acids is 1. The van der Waals surface area contributed by atoms with Gasteiger partial charge in [-0.25, -0.2) is 4.79 Å². The molecule has 4 aromatic rings. The molecule has 0 spiro atoms. The van der Waals surface area contributed by atoms with E-state index < -0.39 is 44.5 Å². The number of benzene rings is 3. The van der Waals surface area contributed by atoms with Crippen molar-refractivity contribution in [3.63, 3.8) is 0 Å². The molecule has 7 nitrogen and oxygen atoms in total. The summed E-state index contributed by atoms with van der Waals surface area (Å²) in [6.07, 6.45) is -8.02. The number of carbonyl (C=O) groups is 1. The lowest BCUT2D eigenvalue weighted by Crippen LogP contribution is -2.34. The van der Waals surface area contributed by atoms with Crippen LogP contribution in [0.2, 0.25) is 0 Å². The summed E-state index contributed by atoms with van der Waals surface area (Å²) in [5, 5.41) is 2.41. The second-order valence-electron chi connectivity index (χ2n) is 8.65. The number of urea groups is 1. The molecular formula is C27H20F6N2O5S. The van der Waals surface area contributed by atoms with Gasteiger partial charge < -0.3 is 18.8 Å². The van der Waals surface area contributed by atoms with E-state index in [4.69, 9.17) is 8.60 Å². The topological polar surface area (TPSA) is 88.9 Å². The summed E-state index contributed by atoms with van der Waals surface area (Å²) in [6.45, 7) is -0.280. The third-order valence-electron chi connectivity index (χ3n) is 5.58. The zero-order valence-electron chi connectivity index (χ0n) is 20.7. The van der Waals surface area contributed by atoms with Crippen molar-refractivity contribution in [1.29, 1.82) is 0 Å². The molecular weight excluding hydrogens is 578 g/mol. The molecule has 0 aliphatic heterocycles. The molecule has 0 saturated heterocycles. The van der Waals surface area contributed by atoms with Crippen LogP contribution in [0.1, 0.15) is 22.5 Å². The van der Waals surface area contributed by atoms with Gasteiger partial charge in [-0.15, -0.1) is 0 Å². The van der Waals surface area contributed by atoms with E-state index >= 15 is 0 Å². The van der Waals surface area contributed by atoms with Crippen molar-refractivity contribution in [2.75, 3.05) is 5.32 Å². The minimum Gasteiger partial charge on any atom is -0.467 e. The van der Waals surface area contributed by atoms with Crippen LogP contribution in [0.5, 0.6) is 5.75 Å². The lowest BCUT2D eigenvalue weighted by Gasteiger charge is -2.23. The van der Waals surface area contributed by atoms with Crippen LogP contribution in [0.3, 0.4) is 0 Å². The normalized spacial score (nSPS) is 12.1. The summed E-state index contributed by atoms with van der Waals surface area (Å²) in [4.78, 5) is 13.6. The van der Waals surface area contributed by atoms with Crippen LogP contribution in [-0.2, 0) is 35.6 Å².